The summed E-state index contributed by atoms with van der Waals surface area (Å²) in [6, 6.07) is 11.2. The summed E-state index contributed by atoms with van der Waals surface area (Å²) in [5.41, 5.74) is 2.28. The Morgan fingerprint density at radius 2 is 1.72 bits per heavy atom. The number of rotatable bonds is 3. The first-order valence-electron chi connectivity index (χ1n) is 5.38. The third kappa shape index (κ3) is 3.41. The van der Waals surface area contributed by atoms with Crippen molar-refractivity contribution in [3.05, 3.63) is 57.6 Å². The molecule has 4 heteroatoms. The molecule has 2 aromatic rings. The lowest BCUT2D eigenvalue weighted by molar-refractivity contribution is 0.478. The predicted octanol–water partition coefficient (Wildman–Crippen LogP) is 5.99. The van der Waals surface area contributed by atoms with Crippen molar-refractivity contribution in [2.75, 3.05) is 0 Å². The molecule has 0 atom stereocenters. The fourth-order valence-electron chi connectivity index (χ4n) is 1.63. The van der Waals surface area contributed by atoms with Crippen LogP contribution in [-0.2, 0) is 5.33 Å². The molecule has 0 saturated carbocycles. The molecular formula is C14H11BrCl2O. The van der Waals surface area contributed by atoms with E-state index in [2.05, 4.69) is 22.0 Å². The van der Waals surface area contributed by atoms with Crippen LogP contribution >= 0.6 is 39.1 Å². The molecule has 0 spiro atoms. The van der Waals surface area contributed by atoms with Gasteiger partial charge in [0.05, 0.1) is 0 Å². The van der Waals surface area contributed by atoms with Gasteiger partial charge in [0, 0.05) is 20.9 Å². The number of hydrogen-bond donors (Lipinski definition) is 0. The van der Waals surface area contributed by atoms with E-state index >= 15 is 0 Å². The highest BCUT2D eigenvalue weighted by Gasteiger charge is 2.06. The molecular weight excluding hydrogens is 335 g/mol. The molecule has 94 valence electrons. The van der Waals surface area contributed by atoms with E-state index in [4.69, 9.17) is 27.9 Å². The van der Waals surface area contributed by atoms with Crippen LogP contribution < -0.4 is 4.74 Å². The summed E-state index contributed by atoms with van der Waals surface area (Å²) in [6.07, 6.45) is 0. The second-order valence-electron chi connectivity index (χ2n) is 3.95. The molecule has 2 aromatic carbocycles. The lowest BCUT2D eigenvalue weighted by Crippen LogP contribution is -1.90. The number of aryl methyl sites for hydroxylation is 1. The Kier molecular flexibility index (Phi) is 4.55. The molecule has 0 aliphatic rings. The van der Waals surface area contributed by atoms with Crippen molar-refractivity contribution in [3.8, 4) is 11.5 Å². The number of hydrogen-bond acceptors (Lipinski definition) is 1. The SMILES string of the molecule is Cc1ccc(Oc2cc(Cl)cc(Cl)c2)c(CBr)c1. The van der Waals surface area contributed by atoms with E-state index in [0.29, 0.717) is 15.8 Å². The third-order valence-electron chi connectivity index (χ3n) is 2.42. The van der Waals surface area contributed by atoms with Crippen molar-refractivity contribution < 1.29 is 4.74 Å². The molecule has 0 heterocycles. The number of benzene rings is 2. The molecule has 0 radical (unpaired) electrons. The van der Waals surface area contributed by atoms with Gasteiger partial charge in [-0.1, -0.05) is 56.8 Å². The van der Waals surface area contributed by atoms with Crippen molar-refractivity contribution in [2.45, 2.75) is 12.3 Å². The van der Waals surface area contributed by atoms with E-state index in [1.807, 2.05) is 19.1 Å². The second kappa shape index (κ2) is 5.96. The predicted molar refractivity (Wildman–Crippen MR) is 80.3 cm³/mol. The zero-order chi connectivity index (χ0) is 13.1. The third-order valence-corrected chi connectivity index (χ3v) is 3.46. The molecule has 1 nitrogen and oxygen atoms in total. The van der Waals surface area contributed by atoms with Crippen LogP contribution in [0.1, 0.15) is 11.1 Å². The molecule has 18 heavy (non-hydrogen) atoms. The topological polar surface area (TPSA) is 9.23 Å². The standard InChI is InChI=1S/C14H11BrCl2O/c1-9-2-3-14(10(4-9)8-15)18-13-6-11(16)5-12(17)7-13/h2-7H,8H2,1H3. The first-order chi connectivity index (χ1) is 8.58. The highest BCUT2D eigenvalue weighted by Crippen LogP contribution is 2.31. The maximum Gasteiger partial charge on any atom is 0.131 e. The summed E-state index contributed by atoms with van der Waals surface area (Å²) in [5.74, 6) is 1.44. The number of alkyl halides is 1. The van der Waals surface area contributed by atoms with Gasteiger partial charge in [0.25, 0.3) is 0 Å². The summed E-state index contributed by atoms with van der Waals surface area (Å²) >= 11 is 15.3. The zero-order valence-electron chi connectivity index (χ0n) is 9.71. The maximum atomic E-state index is 5.94. The lowest BCUT2D eigenvalue weighted by atomic mass is 10.1. The van der Waals surface area contributed by atoms with Crippen LogP contribution in [0.5, 0.6) is 11.5 Å². The van der Waals surface area contributed by atoms with Crippen LogP contribution in [-0.4, -0.2) is 0 Å². The van der Waals surface area contributed by atoms with Gasteiger partial charge in [-0.2, -0.15) is 0 Å². The summed E-state index contributed by atoms with van der Waals surface area (Å²) < 4.78 is 5.82. The Labute approximate surface area is 125 Å². The quantitative estimate of drug-likeness (QED) is 0.621. The molecule has 0 aliphatic carbocycles. The van der Waals surface area contributed by atoms with Crippen molar-refractivity contribution in [1.29, 1.82) is 0 Å². The Bertz CT molecular complexity index is 549. The Hall–Kier alpha value is -0.700. The average Bonchev–Trinajstić information content (AvgIpc) is 2.30. The largest absolute Gasteiger partial charge is 0.457 e. The Morgan fingerprint density at radius 1 is 1.06 bits per heavy atom. The van der Waals surface area contributed by atoms with Crippen LogP contribution in [0, 0.1) is 6.92 Å². The molecule has 0 amide bonds. The summed E-state index contributed by atoms with van der Waals surface area (Å²) in [4.78, 5) is 0. The Morgan fingerprint density at radius 3 is 2.33 bits per heavy atom. The molecule has 0 fully saturated rings. The first-order valence-corrected chi connectivity index (χ1v) is 7.25. The minimum Gasteiger partial charge on any atom is -0.457 e. The lowest BCUT2D eigenvalue weighted by Gasteiger charge is -2.11. The minimum atomic E-state index is 0.560. The molecule has 0 aliphatic heterocycles. The van der Waals surface area contributed by atoms with Gasteiger partial charge < -0.3 is 4.74 Å². The van der Waals surface area contributed by atoms with E-state index in [9.17, 15) is 0 Å². The van der Waals surface area contributed by atoms with Gasteiger partial charge in [-0.05, 0) is 31.2 Å². The Balaban J connectivity index is 2.33. The van der Waals surface area contributed by atoms with E-state index in [1.165, 1.54) is 5.56 Å². The summed E-state index contributed by atoms with van der Waals surface area (Å²) in [5, 5.41) is 1.85. The fourth-order valence-corrected chi connectivity index (χ4v) is 2.57. The molecule has 2 rings (SSSR count). The smallest absolute Gasteiger partial charge is 0.131 e. The van der Waals surface area contributed by atoms with Crippen molar-refractivity contribution in [3.63, 3.8) is 0 Å². The summed E-state index contributed by atoms with van der Waals surface area (Å²) in [6.45, 7) is 2.05. The molecule has 0 unspecified atom stereocenters. The first kappa shape index (κ1) is 13.7. The fraction of sp³-hybridized carbons (Fsp3) is 0.143. The second-order valence-corrected chi connectivity index (χ2v) is 5.39. The van der Waals surface area contributed by atoms with Crippen LogP contribution in [0.4, 0.5) is 0 Å². The highest BCUT2D eigenvalue weighted by atomic mass is 79.9. The minimum absolute atomic E-state index is 0.560. The van der Waals surface area contributed by atoms with Gasteiger partial charge in [-0.25, -0.2) is 0 Å². The van der Waals surface area contributed by atoms with Gasteiger partial charge in [0.2, 0.25) is 0 Å². The van der Waals surface area contributed by atoms with E-state index in [0.717, 1.165) is 16.6 Å². The van der Waals surface area contributed by atoms with E-state index in [-0.39, 0.29) is 0 Å². The molecule has 0 saturated heterocycles. The van der Waals surface area contributed by atoms with Gasteiger partial charge >= 0.3 is 0 Å². The zero-order valence-corrected chi connectivity index (χ0v) is 12.8. The highest BCUT2D eigenvalue weighted by molar-refractivity contribution is 9.08. The monoisotopic (exact) mass is 344 g/mol. The molecule has 0 aromatic heterocycles. The van der Waals surface area contributed by atoms with Crippen LogP contribution in [0.15, 0.2) is 36.4 Å². The van der Waals surface area contributed by atoms with Crippen LogP contribution in [0.2, 0.25) is 10.0 Å². The van der Waals surface area contributed by atoms with Crippen molar-refractivity contribution >= 4 is 39.1 Å². The summed E-state index contributed by atoms with van der Waals surface area (Å²) in [7, 11) is 0. The van der Waals surface area contributed by atoms with Crippen molar-refractivity contribution in [2.24, 2.45) is 0 Å². The maximum absolute atomic E-state index is 5.94. The van der Waals surface area contributed by atoms with Gasteiger partial charge in [0.15, 0.2) is 0 Å². The number of halogens is 3. The van der Waals surface area contributed by atoms with Crippen molar-refractivity contribution in [1.82, 2.24) is 0 Å². The van der Waals surface area contributed by atoms with E-state index < -0.39 is 0 Å². The van der Waals surface area contributed by atoms with Crippen LogP contribution in [0.3, 0.4) is 0 Å². The molecule has 0 bridgehead atoms. The normalized spacial score (nSPS) is 10.4. The van der Waals surface area contributed by atoms with Crippen LogP contribution in [0.25, 0.3) is 0 Å². The van der Waals surface area contributed by atoms with Gasteiger partial charge in [0.1, 0.15) is 11.5 Å². The van der Waals surface area contributed by atoms with Gasteiger partial charge in [-0.15, -0.1) is 0 Å². The molecule has 0 N–H and O–H groups in total. The average molecular weight is 346 g/mol. The number of ether oxygens (including phenoxy) is 1. The van der Waals surface area contributed by atoms with E-state index in [1.54, 1.807) is 18.2 Å². The van der Waals surface area contributed by atoms with Gasteiger partial charge in [-0.3, -0.25) is 0 Å².